The zero-order valence-corrected chi connectivity index (χ0v) is 28.7. The number of carbonyl (C=O) groups excluding carboxylic acids is 4. The first-order valence-corrected chi connectivity index (χ1v) is 16.3. The molecule has 0 unspecified atom stereocenters. The number of hydrogen-bond donors (Lipinski definition) is 4. The van der Waals surface area contributed by atoms with Crippen molar-refractivity contribution < 1.29 is 72.8 Å². The van der Waals surface area contributed by atoms with Gasteiger partial charge in [0.05, 0.1) is 12.5 Å². The third-order valence-corrected chi connectivity index (χ3v) is 7.71. The van der Waals surface area contributed by atoms with Crippen molar-refractivity contribution in [1.29, 1.82) is 0 Å². The van der Waals surface area contributed by atoms with E-state index in [2.05, 4.69) is 0 Å². The van der Waals surface area contributed by atoms with Crippen LogP contribution in [0.25, 0.3) is 0 Å². The van der Waals surface area contributed by atoms with E-state index in [4.69, 9.17) is 33.2 Å². The fourth-order valence-corrected chi connectivity index (χ4v) is 4.96. The highest BCUT2D eigenvalue weighted by Crippen LogP contribution is 2.40. The highest BCUT2D eigenvalue weighted by molar-refractivity contribution is 5.72. The third-order valence-electron chi connectivity index (χ3n) is 7.71. The van der Waals surface area contributed by atoms with E-state index >= 15 is 0 Å². The Kier molecular flexibility index (Phi) is 16.0. The van der Waals surface area contributed by atoms with Crippen LogP contribution in [0.15, 0.2) is 0 Å². The molecule has 4 N–H and O–H groups in total. The number of ether oxygens (including phenoxy) is 7. The quantitative estimate of drug-likeness (QED) is 0.125. The smallest absolute Gasteiger partial charge is 0.308 e. The van der Waals surface area contributed by atoms with Crippen LogP contribution < -0.4 is 0 Å². The first kappa shape index (κ1) is 40.8. The molecule has 2 heterocycles. The fourth-order valence-electron chi connectivity index (χ4n) is 4.96. The number of rotatable bonds is 17. The van der Waals surface area contributed by atoms with Crippen molar-refractivity contribution in [2.75, 3.05) is 19.8 Å². The van der Waals surface area contributed by atoms with E-state index in [1.165, 1.54) is 0 Å². The summed E-state index contributed by atoms with van der Waals surface area (Å²) in [6, 6.07) is 0. The molecule has 2 aliphatic rings. The molecule has 2 aliphatic heterocycles. The lowest BCUT2D eigenvalue weighted by Crippen LogP contribution is -2.64. The van der Waals surface area contributed by atoms with Crippen LogP contribution in [0.4, 0.5) is 0 Å². The van der Waals surface area contributed by atoms with Crippen LogP contribution in [0.5, 0.6) is 0 Å². The van der Waals surface area contributed by atoms with Gasteiger partial charge in [0.15, 0.2) is 12.2 Å². The zero-order chi connectivity index (χ0) is 35.6. The molecular weight excluding hydrogens is 624 g/mol. The number of carbonyl (C=O) groups is 4. The lowest BCUT2D eigenvalue weighted by Gasteiger charge is -2.45. The van der Waals surface area contributed by atoms with Crippen LogP contribution in [0.1, 0.15) is 81.1 Å². The molecule has 47 heavy (non-hydrogen) atoms. The lowest BCUT2D eigenvalue weighted by atomic mass is 9.98. The second kappa shape index (κ2) is 18.4. The normalized spacial score (nSPS) is 31.6. The average Bonchev–Trinajstić information content (AvgIpc) is 3.22. The predicted octanol–water partition coefficient (Wildman–Crippen LogP) is 0.992. The number of esters is 4. The van der Waals surface area contributed by atoms with Crippen LogP contribution in [-0.2, 0) is 52.3 Å². The van der Waals surface area contributed by atoms with Crippen molar-refractivity contribution in [3.8, 4) is 0 Å². The van der Waals surface area contributed by atoms with Gasteiger partial charge in [0.2, 0.25) is 12.1 Å². The first-order valence-electron chi connectivity index (χ1n) is 16.3. The summed E-state index contributed by atoms with van der Waals surface area (Å²) < 4.78 is 40.1. The van der Waals surface area contributed by atoms with Gasteiger partial charge in [-0.05, 0) is 24.2 Å². The van der Waals surface area contributed by atoms with E-state index in [9.17, 15) is 39.6 Å². The molecular formula is C32H54O15. The topological polar surface area (TPSA) is 214 Å². The molecule has 0 aromatic carbocycles. The summed E-state index contributed by atoms with van der Waals surface area (Å²) in [6.45, 7) is 12.0. The fraction of sp³-hybridized carbons (Fsp3) is 0.875. The largest absolute Gasteiger partial charge is 0.463 e. The van der Waals surface area contributed by atoms with Crippen LogP contribution in [-0.4, -0.2) is 119 Å². The summed E-state index contributed by atoms with van der Waals surface area (Å²) in [7, 11) is 0. The summed E-state index contributed by atoms with van der Waals surface area (Å²) in [5, 5.41) is 42.9. The molecule has 10 atom stereocenters. The summed E-state index contributed by atoms with van der Waals surface area (Å²) in [6.07, 6.45) is -13.0. The Balaban J connectivity index is 2.60. The van der Waals surface area contributed by atoms with E-state index in [-0.39, 0.29) is 37.0 Å². The SMILES string of the molecule is CC[C@@H](C)C(=O)OC[C@@]1(O[C@@H]2O[C@H](CO)[C@@H](O)[C@H](O)[C@H]2OC(=O)CC(C)C)O[C@H](COC(=O)CC(C)C)[C@@H](O)[C@@H]1OC(=O)CC(C)C. The highest BCUT2D eigenvalue weighted by Gasteiger charge is 2.62. The van der Waals surface area contributed by atoms with Gasteiger partial charge in [0.25, 0.3) is 0 Å². The Hall–Kier alpha value is -2.40. The summed E-state index contributed by atoms with van der Waals surface area (Å²) in [5.74, 6) is -6.05. The van der Waals surface area contributed by atoms with E-state index in [0.717, 1.165) is 0 Å². The molecule has 272 valence electrons. The van der Waals surface area contributed by atoms with Gasteiger partial charge in [-0.1, -0.05) is 55.4 Å². The van der Waals surface area contributed by atoms with Crippen LogP contribution in [0.3, 0.4) is 0 Å². The molecule has 0 radical (unpaired) electrons. The Morgan fingerprint density at radius 1 is 0.745 bits per heavy atom. The molecule has 0 bridgehead atoms. The Morgan fingerprint density at radius 3 is 1.83 bits per heavy atom. The average molecular weight is 679 g/mol. The Bertz CT molecular complexity index is 1030. The lowest BCUT2D eigenvalue weighted by molar-refractivity contribution is -0.384. The summed E-state index contributed by atoms with van der Waals surface area (Å²) >= 11 is 0. The summed E-state index contributed by atoms with van der Waals surface area (Å²) in [5.41, 5.74) is 0. The molecule has 0 aromatic heterocycles. The number of aliphatic hydroxyl groups is 4. The minimum atomic E-state index is -2.38. The van der Waals surface area contributed by atoms with Gasteiger partial charge in [-0.2, -0.15) is 0 Å². The second-order valence-electron chi connectivity index (χ2n) is 13.5. The summed E-state index contributed by atoms with van der Waals surface area (Å²) in [4.78, 5) is 50.9. The molecule has 2 rings (SSSR count). The van der Waals surface area contributed by atoms with Gasteiger partial charge in [-0.3, -0.25) is 19.2 Å². The van der Waals surface area contributed by atoms with Crippen molar-refractivity contribution in [2.45, 2.75) is 136 Å². The molecule has 0 aromatic rings. The molecule has 0 aliphatic carbocycles. The van der Waals surface area contributed by atoms with E-state index in [1.807, 2.05) is 13.8 Å². The molecule has 2 saturated heterocycles. The Morgan fingerprint density at radius 2 is 1.30 bits per heavy atom. The van der Waals surface area contributed by atoms with Gasteiger partial charge in [0.1, 0.15) is 43.7 Å². The van der Waals surface area contributed by atoms with Crippen molar-refractivity contribution in [3.05, 3.63) is 0 Å². The third kappa shape index (κ3) is 11.6. The van der Waals surface area contributed by atoms with Gasteiger partial charge >= 0.3 is 23.9 Å². The molecule has 2 fully saturated rings. The predicted molar refractivity (Wildman–Crippen MR) is 162 cm³/mol. The second-order valence-corrected chi connectivity index (χ2v) is 13.5. The number of hydrogen-bond acceptors (Lipinski definition) is 15. The van der Waals surface area contributed by atoms with Crippen LogP contribution in [0, 0.1) is 23.7 Å². The maximum atomic E-state index is 13.0. The van der Waals surface area contributed by atoms with Crippen LogP contribution in [0.2, 0.25) is 0 Å². The molecule has 0 spiro atoms. The van der Waals surface area contributed by atoms with Crippen molar-refractivity contribution >= 4 is 23.9 Å². The van der Waals surface area contributed by atoms with Crippen molar-refractivity contribution in [3.63, 3.8) is 0 Å². The molecule has 15 heteroatoms. The maximum absolute atomic E-state index is 13.0. The molecule has 15 nitrogen and oxygen atoms in total. The van der Waals surface area contributed by atoms with Crippen molar-refractivity contribution in [2.24, 2.45) is 23.7 Å². The van der Waals surface area contributed by atoms with Crippen molar-refractivity contribution in [1.82, 2.24) is 0 Å². The van der Waals surface area contributed by atoms with Gasteiger partial charge in [-0.25, -0.2) is 0 Å². The van der Waals surface area contributed by atoms with E-state index in [0.29, 0.717) is 6.42 Å². The van der Waals surface area contributed by atoms with Gasteiger partial charge < -0.3 is 53.6 Å². The van der Waals surface area contributed by atoms with E-state index in [1.54, 1.807) is 41.5 Å². The molecule has 0 amide bonds. The van der Waals surface area contributed by atoms with Gasteiger partial charge in [0, 0.05) is 19.3 Å². The van der Waals surface area contributed by atoms with Crippen LogP contribution >= 0.6 is 0 Å². The minimum Gasteiger partial charge on any atom is -0.463 e. The first-order chi connectivity index (χ1) is 21.9. The number of aliphatic hydroxyl groups excluding tert-OH is 4. The van der Waals surface area contributed by atoms with Gasteiger partial charge in [-0.15, -0.1) is 0 Å². The maximum Gasteiger partial charge on any atom is 0.308 e. The highest BCUT2D eigenvalue weighted by atomic mass is 16.8. The standard InChI is InChI=1S/C32H54O15/c1-9-19(8)30(40)42-15-32(47-31-28(44-23(35)11-17(4)5)27(39)25(37)20(13-33)43-31)29(45-24(36)12-18(6)7)26(38)21(46-32)14-41-22(34)10-16(2)3/h16-21,25-29,31,33,37-39H,9-15H2,1-8H3/t19-,20-,21-,25-,26-,27+,28-,29+,31+,32+/m1/s1. The Labute approximate surface area is 276 Å². The monoisotopic (exact) mass is 678 g/mol. The zero-order valence-electron chi connectivity index (χ0n) is 28.7. The van der Waals surface area contributed by atoms with E-state index < -0.39 is 104 Å². The molecule has 0 saturated carbocycles. The minimum absolute atomic E-state index is 0.0240.